The molecule has 4 nitrogen and oxygen atoms in total. The summed E-state index contributed by atoms with van der Waals surface area (Å²) in [5, 5.41) is 0. The van der Waals surface area contributed by atoms with Gasteiger partial charge in [-0.25, -0.2) is 8.42 Å². The standard InChI is InChI=1S/C13H18O4S/c1-4-18(15,16)6-5-17-13-10(2)7-12(9-14)8-11(13)3/h7-9H,4-6H2,1-3H3. The van der Waals surface area contributed by atoms with Crippen molar-refractivity contribution < 1.29 is 17.9 Å². The van der Waals surface area contributed by atoms with Crippen LogP contribution in [0.4, 0.5) is 0 Å². The van der Waals surface area contributed by atoms with Crippen LogP contribution in [0.1, 0.15) is 28.4 Å². The van der Waals surface area contributed by atoms with E-state index in [1.165, 1.54) is 0 Å². The second-order valence-electron chi connectivity index (χ2n) is 4.19. The molecule has 0 amide bonds. The van der Waals surface area contributed by atoms with Gasteiger partial charge in [-0.2, -0.15) is 0 Å². The van der Waals surface area contributed by atoms with E-state index in [9.17, 15) is 13.2 Å². The lowest BCUT2D eigenvalue weighted by Gasteiger charge is -2.12. The molecule has 0 aromatic heterocycles. The minimum atomic E-state index is -3.01. The van der Waals surface area contributed by atoms with Crippen molar-refractivity contribution in [2.45, 2.75) is 20.8 Å². The molecule has 100 valence electrons. The fourth-order valence-electron chi connectivity index (χ4n) is 1.69. The first-order valence-corrected chi connectivity index (χ1v) is 7.61. The highest BCUT2D eigenvalue weighted by atomic mass is 32.2. The number of carbonyl (C=O) groups excluding carboxylic acids is 1. The first-order valence-electron chi connectivity index (χ1n) is 5.79. The maximum Gasteiger partial charge on any atom is 0.153 e. The summed E-state index contributed by atoms with van der Waals surface area (Å²) in [7, 11) is -3.01. The molecule has 0 saturated carbocycles. The van der Waals surface area contributed by atoms with Crippen LogP contribution < -0.4 is 4.74 Å². The van der Waals surface area contributed by atoms with E-state index in [1.807, 2.05) is 13.8 Å². The molecule has 0 aliphatic heterocycles. The number of benzene rings is 1. The molecule has 0 fully saturated rings. The van der Waals surface area contributed by atoms with Crippen LogP contribution >= 0.6 is 0 Å². The van der Waals surface area contributed by atoms with Crippen molar-refractivity contribution in [2.75, 3.05) is 18.1 Å². The number of aryl methyl sites for hydroxylation is 2. The third kappa shape index (κ3) is 3.84. The van der Waals surface area contributed by atoms with Gasteiger partial charge in [0.15, 0.2) is 9.84 Å². The summed E-state index contributed by atoms with van der Waals surface area (Å²) in [6.45, 7) is 5.43. The van der Waals surface area contributed by atoms with Gasteiger partial charge in [-0.1, -0.05) is 6.92 Å². The molecule has 0 heterocycles. The molecule has 5 heteroatoms. The van der Waals surface area contributed by atoms with E-state index in [0.717, 1.165) is 17.4 Å². The van der Waals surface area contributed by atoms with E-state index in [2.05, 4.69) is 0 Å². The predicted molar refractivity (Wildman–Crippen MR) is 71.1 cm³/mol. The zero-order valence-corrected chi connectivity index (χ0v) is 11.7. The lowest BCUT2D eigenvalue weighted by atomic mass is 10.1. The molecule has 0 saturated heterocycles. The van der Waals surface area contributed by atoms with E-state index >= 15 is 0 Å². The van der Waals surface area contributed by atoms with Gasteiger partial charge in [0.05, 0.1) is 5.75 Å². The van der Waals surface area contributed by atoms with Crippen LogP contribution in [0.5, 0.6) is 5.75 Å². The highest BCUT2D eigenvalue weighted by Gasteiger charge is 2.10. The minimum Gasteiger partial charge on any atom is -0.492 e. The molecule has 0 unspecified atom stereocenters. The third-order valence-electron chi connectivity index (χ3n) is 2.70. The Morgan fingerprint density at radius 2 is 1.78 bits per heavy atom. The van der Waals surface area contributed by atoms with Crippen LogP contribution in [-0.4, -0.2) is 32.8 Å². The molecule has 0 spiro atoms. The van der Waals surface area contributed by atoms with Crippen molar-refractivity contribution in [3.05, 3.63) is 28.8 Å². The smallest absolute Gasteiger partial charge is 0.153 e. The molecule has 18 heavy (non-hydrogen) atoms. The molecular formula is C13H18O4S. The van der Waals surface area contributed by atoms with Crippen LogP contribution in [0.2, 0.25) is 0 Å². The van der Waals surface area contributed by atoms with Gasteiger partial charge in [-0.05, 0) is 37.1 Å². The number of carbonyl (C=O) groups is 1. The summed E-state index contributed by atoms with van der Waals surface area (Å²) in [6, 6.07) is 3.45. The zero-order valence-electron chi connectivity index (χ0n) is 10.9. The van der Waals surface area contributed by atoms with Crippen LogP contribution in [0.25, 0.3) is 0 Å². The van der Waals surface area contributed by atoms with Crippen LogP contribution in [-0.2, 0) is 9.84 Å². The number of aldehydes is 1. The van der Waals surface area contributed by atoms with Gasteiger partial charge >= 0.3 is 0 Å². The summed E-state index contributed by atoms with van der Waals surface area (Å²) in [5.41, 5.74) is 2.27. The maximum atomic E-state index is 11.3. The first-order chi connectivity index (χ1) is 8.39. The molecular weight excluding hydrogens is 252 g/mol. The van der Waals surface area contributed by atoms with E-state index < -0.39 is 9.84 Å². The summed E-state index contributed by atoms with van der Waals surface area (Å²) < 4.78 is 28.2. The fraction of sp³-hybridized carbons (Fsp3) is 0.462. The van der Waals surface area contributed by atoms with Gasteiger partial charge < -0.3 is 4.74 Å². The number of hydrogen-bond acceptors (Lipinski definition) is 4. The molecule has 0 N–H and O–H groups in total. The van der Waals surface area contributed by atoms with Crippen molar-refractivity contribution >= 4 is 16.1 Å². The Hall–Kier alpha value is -1.36. The molecule has 1 aromatic carbocycles. The molecule has 1 rings (SSSR count). The number of sulfone groups is 1. The zero-order chi connectivity index (χ0) is 13.8. The van der Waals surface area contributed by atoms with E-state index in [0.29, 0.717) is 11.3 Å². The normalized spacial score (nSPS) is 11.3. The summed E-state index contributed by atoms with van der Waals surface area (Å²) in [5.74, 6) is 0.794. The van der Waals surface area contributed by atoms with Gasteiger partial charge in [0.2, 0.25) is 0 Å². The highest BCUT2D eigenvalue weighted by Crippen LogP contribution is 2.24. The van der Waals surface area contributed by atoms with Gasteiger partial charge in [0, 0.05) is 11.3 Å². The molecule has 0 radical (unpaired) electrons. The Bertz CT molecular complexity index is 509. The largest absolute Gasteiger partial charge is 0.492 e. The Kier molecular flexibility index (Phi) is 4.90. The molecule has 0 aliphatic carbocycles. The maximum absolute atomic E-state index is 11.3. The third-order valence-corrected chi connectivity index (χ3v) is 4.37. The Balaban J connectivity index is 2.77. The molecule has 0 atom stereocenters. The topological polar surface area (TPSA) is 60.4 Å². The second kappa shape index (κ2) is 6.00. The van der Waals surface area contributed by atoms with E-state index in [1.54, 1.807) is 19.1 Å². The lowest BCUT2D eigenvalue weighted by molar-refractivity contribution is 0.112. The summed E-state index contributed by atoms with van der Waals surface area (Å²) in [4.78, 5) is 10.7. The lowest BCUT2D eigenvalue weighted by Crippen LogP contribution is -2.16. The van der Waals surface area contributed by atoms with Crippen LogP contribution in [0.3, 0.4) is 0 Å². The van der Waals surface area contributed by atoms with E-state index in [-0.39, 0.29) is 18.1 Å². The average Bonchev–Trinajstić information content (AvgIpc) is 2.32. The quantitative estimate of drug-likeness (QED) is 0.741. The van der Waals surface area contributed by atoms with Gasteiger partial charge in [0.1, 0.15) is 18.6 Å². The molecule has 0 aliphatic rings. The van der Waals surface area contributed by atoms with Gasteiger partial charge in [-0.15, -0.1) is 0 Å². The molecule has 0 bridgehead atoms. The Labute approximate surface area is 108 Å². The SMILES string of the molecule is CCS(=O)(=O)CCOc1c(C)cc(C=O)cc1C. The van der Waals surface area contributed by atoms with Crippen molar-refractivity contribution in [2.24, 2.45) is 0 Å². The first kappa shape index (κ1) is 14.7. The Morgan fingerprint density at radius 3 is 2.22 bits per heavy atom. The summed E-state index contributed by atoms with van der Waals surface area (Å²) >= 11 is 0. The second-order valence-corrected chi connectivity index (χ2v) is 6.66. The van der Waals surface area contributed by atoms with E-state index in [4.69, 9.17) is 4.74 Å². The summed E-state index contributed by atoms with van der Waals surface area (Å²) in [6.07, 6.45) is 0.783. The van der Waals surface area contributed by atoms with Crippen molar-refractivity contribution in [1.82, 2.24) is 0 Å². The highest BCUT2D eigenvalue weighted by molar-refractivity contribution is 7.91. The van der Waals surface area contributed by atoms with Crippen LogP contribution in [0.15, 0.2) is 12.1 Å². The van der Waals surface area contributed by atoms with Crippen molar-refractivity contribution in [1.29, 1.82) is 0 Å². The number of hydrogen-bond donors (Lipinski definition) is 0. The van der Waals surface area contributed by atoms with Crippen molar-refractivity contribution in [3.63, 3.8) is 0 Å². The van der Waals surface area contributed by atoms with Crippen molar-refractivity contribution in [3.8, 4) is 5.75 Å². The fourth-order valence-corrected chi connectivity index (χ4v) is 2.32. The average molecular weight is 270 g/mol. The predicted octanol–water partition coefficient (Wildman–Crippen LogP) is 1.93. The van der Waals surface area contributed by atoms with Crippen LogP contribution in [0, 0.1) is 13.8 Å². The number of rotatable bonds is 6. The Morgan fingerprint density at radius 1 is 1.22 bits per heavy atom. The van der Waals surface area contributed by atoms with Gasteiger partial charge in [0.25, 0.3) is 0 Å². The van der Waals surface area contributed by atoms with Gasteiger partial charge in [-0.3, -0.25) is 4.79 Å². The monoisotopic (exact) mass is 270 g/mol. The number of ether oxygens (including phenoxy) is 1. The minimum absolute atomic E-state index is 0.0117. The molecule has 1 aromatic rings.